The van der Waals surface area contributed by atoms with Gasteiger partial charge >= 0.3 is 0 Å². The maximum atomic E-state index is 12.2. The van der Waals surface area contributed by atoms with Crippen molar-refractivity contribution in [2.45, 2.75) is 46.1 Å². The second kappa shape index (κ2) is 6.60. The summed E-state index contributed by atoms with van der Waals surface area (Å²) in [6.45, 7) is 6.46. The summed E-state index contributed by atoms with van der Waals surface area (Å²) >= 11 is 0. The number of amides is 1. The normalized spacial score (nSPS) is 12.8. The minimum Gasteiger partial charge on any atom is -0.361 e. The van der Waals surface area contributed by atoms with Crippen molar-refractivity contribution in [1.82, 2.24) is 10.3 Å². The van der Waals surface area contributed by atoms with E-state index in [0.717, 1.165) is 29.3 Å². The largest absolute Gasteiger partial charge is 0.361 e. The average Bonchev–Trinajstić information content (AvgIpc) is 2.83. The van der Waals surface area contributed by atoms with E-state index < -0.39 is 0 Å². The quantitative estimate of drug-likeness (QED) is 0.828. The molecule has 0 fully saturated rings. The van der Waals surface area contributed by atoms with E-state index in [4.69, 9.17) is 0 Å². The molecule has 1 atom stereocenters. The lowest BCUT2D eigenvalue weighted by Crippen LogP contribution is -2.38. The molecule has 20 heavy (non-hydrogen) atoms. The van der Waals surface area contributed by atoms with Crippen molar-refractivity contribution in [3.63, 3.8) is 0 Å². The summed E-state index contributed by atoms with van der Waals surface area (Å²) in [7, 11) is 0. The lowest BCUT2D eigenvalue weighted by atomic mass is 9.95. The molecule has 2 aromatic rings. The van der Waals surface area contributed by atoms with E-state index in [1.54, 1.807) is 0 Å². The van der Waals surface area contributed by atoms with E-state index in [1.807, 2.05) is 24.4 Å². The van der Waals surface area contributed by atoms with Crippen molar-refractivity contribution in [2.75, 3.05) is 0 Å². The molecule has 0 aliphatic heterocycles. The molecular formula is C17H24N2O. The number of aromatic amines is 1. The number of para-hydroxylation sites is 1. The number of rotatable bonds is 6. The van der Waals surface area contributed by atoms with Crippen LogP contribution in [0.2, 0.25) is 0 Å². The Bertz CT molecular complexity index is 569. The minimum absolute atomic E-state index is 0.106. The molecular weight excluding hydrogens is 248 g/mol. The second-order valence-electron chi connectivity index (χ2n) is 5.47. The Morgan fingerprint density at radius 2 is 1.95 bits per heavy atom. The highest BCUT2D eigenvalue weighted by molar-refractivity contribution is 5.88. The molecule has 1 aromatic carbocycles. The Kier molecular flexibility index (Phi) is 4.83. The number of hydrogen-bond donors (Lipinski definition) is 2. The summed E-state index contributed by atoms with van der Waals surface area (Å²) in [4.78, 5) is 15.4. The van der Waals surface area contributed by atoms with Crippen LogP contribution in [0.25, 0.3) is 10.9 Å². The molecule has 1 heterocycles. The van der Waals surface area contributed by atoms with Crippen LogP contribution in [0.1, 0.15) is 39.2 Å². The van der Waals surface area contributed by atoms with Gasteiger partial charge in [0.2, 0.25) is 5.91 Å². The molecule has 3 heteroatoms. The molecule has 1 unspecified atom stereocenters. The van der Waals surface area contributed by atoms with Crippen molar-refractivity contribution >= 4 is 16.8 Å². The molecule has 0 radical (unpaired) electrons. The van der Waals surface area contributed by atoms with Crippen LogP contribution in [0, 0.1) is 5.92 Å². The maximum Gasteiger partial charge on any atom is 0.224 e. The van der Waals surface area contributed by atoms with E-state index >= 15 is 0 Å². The van der Waals surface area contributed by atoms with Crippen molar-refractivity contribution < 1.29 is 4.79 Å². The smallest absolute Gasteiger partial charge is 0.224 e. The van der Waals surface area contributed by atoms with Crippen LogP contribution in [0.4, 0.5) is 0 Å². The molecule has 1 amide bonds. The van der Waals surface area contributed by atoms with Gasteiger partial charge in [0.05, 0.1) is 6.42 Å². The number of benzene rings is 1. The monoisotopic (exact) mass is 272 g/mol. The first-order chi connectivity index (χ1) is 9.65. The number of fused-ring (bicyclic) bond motifs is 1. The SMILES string of the molecule is CCC(CC)C(C)NC(=O)Cc1c[nH]c2ccccc12. The first-order valence-corrected chi connectivity index (χ1v) is 7.50. The van der Waals surface area contributed by atoms with Crippen molar-refractivity contribution in [2.24, 2.45) is 5.92 Å². The topological polar surface area (TPSA) is 44.9 Å². The summed E-state index contributed by atoms with van der Waals surface area (Å²) in [5.41, 5.74) is 2.15. The highest BCUT2D eigenvalue weighted by atomic mass is 16.1. The van der Waals surface area contributed by atoms with E-state index in [1.165, 1.54) is 0 Å². The molecule has 0 bridgehead atoms. The van der Waals surface area contributed by atoms with Crippen LogP contribution < -0.4 is 5.32 Å². The first kappa shape index (κ1) is 14.6. The molecule has 2 N–H and O–H groups in total. The molecule has 2 rings (SSSR count). The van der Waals surface area contributed by atoms with Gasteiger partial charge in [-0.05, 0) is 24.5 Å². The molecule has 0 aliphatic rings. The molecule has 1 aromatic heterocycles. The van der Waals surface area contributed by atoms with Gasteiger partial charge in [0.25, 0.3) is 0 Å². The predicted molar refractivity (Wildman–Crippen MR) is 83.7 cm³/mol. The molecule has 0 saturated heterocycles. The van der Waals surface area contributed by atoms with Gasteiger partial charge in [-0.3, -0.25) is 4.79 Å². The first-order valence-electron chi connectivity index (χ1n) is 7.50. The Morgan fingerprint density at radius 3 is 2.65 bits per heavy atom. The summed E-state index contributed by atoms with van der Waals surface area (Å²) in [6.07, 6.45) is 4.58. The number of carbonyl (C=O) groups excluding carboxylic acids is 1. The van der Waals surface area contributed by atoms with Crippen molar-refractivity contribution in [1.29, 1.82) is 0 Å². The Labute approximate surface area is 120 Å². The second-order valence-corrected chi connectivity index (χ2v) is 5.47. The van der Waals surface area contributed by atoms with E-state index in [-0.39, 0.29) is 11.9 Å². The highest BCUT2D eigenvalue weighted by Gasteiger charge is 2.16. The van der Waals surface area contributed by atoms with Gasteiger partial charge in [0.15, 0.2) is 0 Å². The van der Waals surface area contributed by atoms with Gasteiger partial charge in [-0.15, -0.1) is 0 Å². The van der Waals surface area contributed by atoms with E-state index in [0.29, 0.717) is 12.3 Å². The van der Waals surface area contributed by atoms with Gasteiger partial charge < -0.3 is 10.3 Å². The lowest BCUT2D eigenvalue weighted by Gasteiger charge is -2.22. The van der Waals surface area contributed by atoms with Crippen LogP contribution in [-0.4, -0.2) is 16.9 Å². The van der Waals surface area contributed by atoms with Crippen LogP contribution in [0.3, 0.4) is 0 Å². The fourth-order valence-electron chi connectivity index (χ4n) is 2.87. The molecule has 108 valence electrons. The molecule has 0 aliphatic carbocycles. The number of carbonyl (C=O) groups is 1. The summed E-state index contributed by atoms with van der Waals surface area (Å²) in [5, 5.41) is 4.27. The Morgan fingerprint density at radius 1 is 1.25 bits per heavy atom. The zero-order valence-electron chi connectivity index (χ0n) is 12.6. The molecule has 0 saturated carbocycles. The third-order valence-corrected chi connectivity index (χ3v) is 4.17. The van der Waals surface area contributed by atoms with Crippen LogP contribution in [0.5, 0.6) is 0 Å². The number of hydrogen-bond acceptors (Lipinski definition) is 1. The van der Waals surface area contributed by atoms with Crippen LogP contribution in [-0.2, 0) is 11.2 Å². The summed E-state index contributed by atoms with van der Waals surface area (Å²) < 4.78 is 0. The van der Waals surface area contributed by atoms with E-state index in [2.05, 4.69) is 37.1 Å². The van der Waals surface area contributed by atoms with Crippen LogP contribution >= 0.6 is 0 Å². The fraction of sp³-hybridized carbons (Fsp3) is 0.471. The zero-order valence-corrected chi connectivity index (χ0v) is 12.6. The van der Waals surface area contributed by atoms with Gasteiger partial charge in [-0.25, -0.2) is 0 Å². The van der Waals surface area contributed by atoms with Crippen molar-refractivity contribution in [3.8, 4) is 0 Å². The summed E-state index contributed by atoms with van der Waals surface area (Å²) in [5.74, 6) is 0.663. The van der Waals surface area contributed by atoms with Crippen LogP contribution in [0.15, 0.2) is 30.5 Å². The maximum absolute atomic E-state index is 12.2. The number of H-pyrrole nitrogens is 1. The molecule has 3 nitrogen and oxygen atoms in total. The number of nitrogens with one attached hydrogen (secondary N) is 2. The molecule has 0 spiro atoms. The predicted octanol–water partition coefficient (Wildman–Crippen LogP) is 3.65. The highest BCUT2D eigenvalue weighted by Crippen LogP contribution is 2.18. The van der Waals surface area contributed by atoms with Gasteiger partial charge in [0, 0.05) is 23.1 Å². The third kappa shape index (κ3) is 3.21. The zero-order chi connectivity index (χ0) is 14.5. The standard InChI is InChI=1S/C17H24N2O/c1-4-13(5-2)12(3)19-17(20)10-14-11-18-16-9-7-6-8-15(14)16/h6-9,11-13,18H,4-5,10H2,1-3H3,(H,19,20). The Balaban J connectivity index is 2.01. The van der Waals surface area contributed by atoms with Gasteiger partial charge in [-0.2, -0.15) is 0 Å². The number of aromatic nitrogens is 1. The minimum atomic E-state index is 0.106. The Hall–Kier alpha value is -1.77. The lowest BCUT2D eigenvalue weighted by molar-refractivity contribution is -0.121. The van der Waals surface area contributed by atoms with Gasteiger partial charge in [0.1, 0.15) is 0 Å². The average molecular weight is 272 g/mol. The van der Waals surface area contributed by atoms with Gasteiger partial charge in [-0.1, -0.05) is 44.9 Å². The summed E-state index contributed by atoms with van der Waals surface area (Å²) in [6, 6.07) is 8.33. The third-order valence-electron chi connectivity index (χ3n) is 4.17. The van der Waals surface area contributed by atoms with Crippen molar-refractivity contribution in [3.05, 3.63) is 36.0 Å². The fourth-order valence-corrected chi connectivity index (χ4v) is 2.87. The van der Waals surface area contributed by atoms with E-state index in [9.17, 15) is 4.79 Å².